The van der Waals surface area contributed by atoms with E-state index in [4.69, 9.17) is 9.47 Å². The highest BCUT2D eigenvalue weighted by Gasteiger charge is 2.17. The first-order chi connectivity index (χ1) is 11.0. The van der Waals surface area contributed by atoms with Crippen LogP contribution >= 0.6 is 0 Å². The molecule has 2 rings (SSSR count). The molecule has 0 aliphatic heterocycles. The molecule has 0 fully saturated rings. The van der Waals surface area contributed by atoms with Crippen LogP contribution in [0.5, 0.6) is 5.75 Å². The number of carbonyl (C=O) groups is 1. The number of aliphatic hydroxyl groups is 1. The third kappa shape index (κ3) is 4.36. The Kier molecular flexibility index (Phi) is 5.82. The molecule has 23 heavy (non-hydrogen) atoms. The summed E-state index contributed by atoms with van der Waals surface area (Å²) >= 11 is 0. The van der Waals surface area contributed by atoms with Crippen molar-refractivity contribution in [2.24, 2.45) is 0 Å². The van der Waals surface area contributed by atoms with Crippen molar-refractivity contribution >= 4 is 11.5 Å². The Bertz CT molecular complexity index is 630. The summed E-state index contributed by atoms with van der Waals surface area (Å²) < 4.78 is 15.2. The second-order valence-electron chi connectivity index (χ2n) is 5.45. The van der Waals surface area contributed by atoms with Gasteiger partial charge in [-0.3, -0.25) is 0 Å². The summed E-state index contributed by atoms with van der Waals surface area (Å²) in [4.78, 5) is 11.7. The molecule has 1 aliphatic rings. The highest BCUT2D eigenvalue weighted by molar-refractivity contribution is 5.86. The minimum absolute atomic E-state index is 0.0108. The first-order valence-corrected chi connectivity index (χ1v) is 7.52. The lowest BCUT2D eigenvalue weighted by molar-refractivity contribution is -0.138. The molecule has 0 amide bonds. The molecule has 0 bridgehead atoms. The van der Waals surface area contributed by atoms with Gasteiger partial charge in [-0.05, 0) is 49.0 Å². The normalized spacial score (nSPS) is 18.2. The van der Waals surface area contributed by atoms with Gasteiger partial charge in [0.25, 0.3) is 0 Å². The summed E-state index contributed by atoms with van der Waals surface area (Å²) in [5.41, 5.74) is 3.10. The van der Waals surface area contributed by atoms with Crippen molar-refractivity contribution in [1.82, 2.24) is 0 Å². The van der Waals surface area contributed by atoms with Gasteiger partial charge in [0.15, 0.2) is 0 Å². The molecular formula is C18H22O5. The van der Waals surface area contributed by atoms with E-state index in [0.717, 1.165) is 24.0 Å². The van der Waals surface area contributed by atoms with Crippen molar-refractivity contribution < 1.29 is 24.1 Å². The van der Waals surface area contributed by atoms with E-state index in [1.165, 1.54) is 26.1 Å². The molecular weight excluding hydrogens is 296 g/mol. The zero-order valence-corrected chi connectivity index (χ0v) is 13.7. The molecule has 0 spiro atoms. The van der Waals surface area contributed by atoms with Crippen molar-refractivity contribution in [3.8, 4) is 5.75 Å². The number of rotatable bonds is 5. The predicted molar refractivity (Wildman–Crippen MR) is 86.7 cm³/mol. The van der Waals surface area contributed by atoms with Gasteiger partial charge in [-0.15, -0.1) is 0 Å². The fourth-order valence-electron chi connectivity index (χ4n) is 2.43. The SMILES string of the molecule is CO/C=C(\Oc1cc(C2=CCC(O)CC2)ccc1C)C(=O)OC. The van der Waals surface area contributed by atoms with Gasteiger partial charge in [-0.25, -0.2) is 4.79 Å². The fourth-order valence-corrected chi connectivity index (χ4v) is 2.43. The van der Waals surface area contributed by atoms with Gasteiger partial charge in [-0.1, -0.05) is 18.2 Å². The zero-order chi connectivity index (χ0) is 16.8. The predicted octanol–water partition coefficient (Wildman–Crippen LogP) is 2.96. The molecule has 124 valence electrons. The molecule has 0 radical (unpaired) electrons. The van der Waals surface area contributed by atoms with Crippen molar-refractivity contribution in [1.29, 1.82) is 0 Å². The van der Waals surface area contributed by atoms with E-state index in [9.17, 15) is 9.90 Å². The number of methoxy groups -OCH3 is 2. The third-order valence-electron chi connectivity index (χ3n) is 3.77. The summed E-state index contributed by atoms with van der Waals surface area (Å²) in [6, 6.07) is 5.85. The van der Waals surface area contributed by atoms with E-state index in [1.807, 2.05) is 25.1 Å². The molecule has 5 nitrogen and oxygen atoms in total. The Balaban J connectivity index is 2.27. The maximum atomic E-state index is 11.7. The van der Waals surface area contributed by atoms with E-state index in [-0.39, 0.29) is 11.9 Å². The van der Waals surface area contributed by atoms with E-state index in [1.54, 1.807) is 0 Å². The highest BCUT2D eigenvalue weighted by atomic mass is 16.6. The van der Waals surface area contributed by atoms with Crippen LogP contribution in [-0.4, -0.2) is 31.4 Å². The van der Waals surface area contributed by atoms with Gasteiger partial charge < -0.3 is 19.3 Å². The van der Waals surface area contributed by atoms with Crippen LogP contribution < -0.4 is 4.74 Å². The maximum absolute atomic E-state index is 11.7. The van der Waals surface area contributed by atoms with E-state index in [2.05, 4.69) is 10.8 Å². The van der Waals surface area contributed by atoms with Crippen molar-refractivity contribution in [2.45, 2.75) is 32.3 Å². The summed E-state index contributed by atoms with van der Waals surface area (Å²) in [6.07, 6.45) is 5.25. The van der Waals surface area contributed by atoms with Crippen LogP contribution in [0.25, 0.3) is 5.57 Å². The van der Waals surface area contributed by atoms with Crippen molar-refractivity contribution in [2.75, 3.05) is 14.2 Å². The number of carbonyl (C=O) groups excluding carboxylic acids is 1. The number of aliphatic hydroxyl groups excluding tert-OH is 1. The van der Waals surface area contributed by atoms with Crippen LogP contribution in [0.1, 0.15) is 30.4 Å². The average Bonchev–Trinajstić information content (AvgIpc) is 2.56. The quantitative estimate of drug-likeness (QED) is 0.514. The summed E-state index contributed by atoms with van der Waals surface area (Å²) in [5.74, 6) is -0.0387. The molecule has 1 atom stereocenters. The van der Waals surface area contributed by atoms with Crippen LogP contribution in [-0.2, 0) is 14.3 Å². The molecule has 1 N–H and O–H groups in total. The van der Waals surface area contributed by atoms with Crippen molar-refractivity contribution in [3.63, 3.8) is 0 Å². The average molecular weight is 318 g/mol. The number of benzene rings is 1. The Hall–Kier alpha value is -2.27. The number of hydrogen-bond acceptors (Lipinski definition) is 5. The molecule has 5 heteroatoms. The number of allylic oxidation sites excluding steroid dienone is 1. The number of hydrogen-bond donors (Lipinski definition) is 1. The van der Waals surface area contributed by atoms with Crippen LogP contribution in [0.15, 0.2) is 36.3 Å². The van der Waals surface area contributed by atoms with Gasteiger partial charge >= 0.3 is 5.97 Å². The molecule has 0 aromatic heterocycles. The Morgan fingerprint density at radius 3 is 2.74 bits per heavy atom. The highest BCUT2D eigenvalue weighted by Crippen LogP contribution is 2.31. The second-order valence-corrected chi connectivity index (χ2v) is 5.45. The van der Waals surface area contributed by atoms with Crippen LogP contribution in [0.4, 0.5) is 0 Å². The lowest BCUT2D eigenvalue weighted by atomic mass is 9.91. The summed E-state index contributed by atoms with van der Waals surface area (Å²) in [6.45, 7) is 1.90. The lowest BCUT2D eigenvalue weighted by Gasteiger charge is -2.19. The Labute approximate surface area is 136 Å². The van der Waals surface area contributed by atoms with Crippen LogP contribution in [0.2, 0.25) is 0 Å². The molecule has 1 unspecified atom stereocenters. The van der Waals surface area contributed by atoms with Crippen molar-refractivity contribution in [3.05, 3.63) is 47.4 Å². The monoisotopic (exact) mass is 318 g/mol. The van der Waals surface area contributed by atoms with Gasteiger partial charge in [0, 0.05) is 0 Å². The molecule has 1 aromatic rings. The topological polar surface area (TPSA) is 65.0 Å². The van der Waals surface area contributed by atoms with Crippen LogP contribution in [0.3, 0.4) is 0 Å². The Morgan fingerprint density at radius 2 is 2.13 bits per heavy atom. The molecule has 0 saturated carbocycles. The van der Waals surface area contributed by atoms with Gasteiger partial charge in [0.1, 0.15) is 12.0 Å². The molecule has 0 heterocycles. The van der Waals surface area contributed by atoms with E-state index in [0.29, 0.717) is 12.2 Å². The first-order valence-electron chi connectivity index (χ1n) is 7.52. The molecule has 0 saturated heterocycles. The van der Waals surface area contributed by atoms with Crippen LogP contribution in [0, 0.1) is 6.92 Å². The number of esters is 1. The Morgan fingerprint density at radius 1 is 1.35 bits per heavy atom. The largest absolute Gasteiger partial charge is 0.500 e. The summed E-state index contributed by atoms with van der Waals surface area (Å²) in [7, 11) is 2.73. The minimum atomic E-state index is -0.600. The van der Waals surface area contributed by atoms with Gasteiger partial charge in [0.05, 0.1) is 20.3 Å². The van der Waals surface area contributed by atoms with E-state index < -0.39 is 5.97 Å². The number of aryl methyl sites for hydroxylation is 1. The van der Waals surface area contributed by atoms with Gasteiger partial charge in [-0.2, -0.15) is 0 Å². The maximum Gasteiger partial charge on any atom is 0.377 e. The zero-order valence-electron chi connectivity index (χ0n) is 13.7. The van der Waals surface area contributed by atoms with Gasteiger partial charge in [0.2, 0.25) is 5.76 Å². The smallest absolute Gasteiger partial charge is 0.377 e. The first kappa shape index (κ1) is 17.1. The molecule has 1 aromatic carbocycles. The number of ether oxygens (including phenoxy) is 3. The third-order valence-corrected chi connectivity index (χ3v) is 3.77. The summed E-state index contributed by atoms with van der Waals surface area (Å²) in [5, 5.41) is 9.60. The standard InChI is InChI=1S/C18H22O5/c1-12-4-5-14(13-6-8-15(19)9-7-13)10-16(12)23-17(11-21-2)18(20)22-3/h4-6,10-11,15,19H,7-9H2,1-3H3/b17-11-. The second kappa shape index (κ2) is 7.83. The minimum Gasteiger partial charge on any atom is -0.500 e. The lowest BCUT2D eigenvalue weighted by Crippen LogP contribution is -2.12. The molecule has 1 aliphatic carbocycles. The fraction of sp³-hybridized carbons (Fsp3) is 0.389. The van der Waals surface area contributed by atoms with E-state index >= 15 is 0 Å².